The zero-order valence-electron chi connectivity index (χ0n) is 4.42. The molecule has 0 aliphatic rings. The molecule has 1 N–H and O–H groups in total. The SMILES string of the molecule is N#CCSC(=S)NC#N. The second-order valence-corrected chi connectivity index (χ2v) is 2.62. The molecule has 0 aliphatic heterocycles. The van der Waals surface area contributed by atoms with E-state index < -0.39 is 0 Å². The Labute approximate surface area is 62.7 Å². The maximum atomic E-state index is 8.04. The molecule has 0 aliphatic carbocycles. The van der Waals surface area contributed by atoms with Crippen molar-refractivity contribution >= 4 is 28.3 Å². The minimum Gasteiger partial charge on any atom is -0.278 e. The summed E-state index contributed by atoms with van der Waals surface area (Å²) >= 11 is 5.73. The van der Waals surface area contributed by atoms with E-state index in [1.54, 1.807) is 6.19 Å². The smallest absolute Gasteiger partial charge is 0.182 e. The van der Waals surface area contributed by atoms with Crippen LogP contribution >= 0.6 is 24.0 Å². The van der Waals surface area contributed by atoms with E-state index in [9.17, 15) is 0 Å². The Morgan fingerprint density at radius 1 is 1.67 bits per heavy atom. The van der Waals surface area contributed by atoms with Crippen molar-refractivity contribution in [1.82, 2.24) is 5.32 Å². The lowest BCUT2D eigenvalue weighted by Crippen LogP contribution is -2.10. The summed E-state index contributed by atoms with van der Waals surface area (Å²) in [5, 5.41) is 18.3. The van der Waals surface area contributed by atoms with Gasteiger partial charge in [0.05, 0.1) is 11.8 Å². The van der Waals surface area contributed by atoms with Gasteiger partial charge in [0.1, 0.15) is 4.32 Å². The highest BCUT2D eigenvalue weighted by atomic mass is 32.2. The van der Waals surface area contributed by atoms with Crippen molar-refractivity contribution in [3.8, 4) is 12.3 Å². The van der Waals surface area contributed by atoms with Gasteiger partial charge < -0.3 is 0 Å². The second kappa shape index (κ2) is 5.36. The van der Waals surface area contributed by atoms with Crippen LogP contribution in [0.3, 0.4) is 0 Å². The Morgan fingerprint density at radius 2 is 2.33 bits per heavy atom. The van der Waals surface area contributed by atoms with E-state index >= 15 is 0 Å². The van der Waals surface area contributed by atoms with E-state index in [2.05, 4.69) is 17.5 Å². The molecule has 0 bridgehead atoms. The van der Waals surface area contributed by atoms with Crippen LogP contribution in [0.1, 0.15) is 0 Å². The second-order valence-electron chi connectivity index (χ2n) is 0.971. The van der Waals surface area contributed by atoms with Crippen LogP contribution in [0.4, 0.5) is 0 Å². The summed E-state index contributed by atoms with van der Waals surface area (Å²) in [7, 11) is 0. The maximum absolute atomic E-state index is 8.04. The highest BCUT2D eigenvalue weighted by Gasteiger charge is 1.91. The van der Waals surface area contributed by atoms with Crippen molar-refractivity contribution in [2.75, 3.05) is 5.75 Å². The molecule has 0 aromatic rings. The topological polar surface area (TPSA) is 59.6 Å². The molecule has 0 atom stereocenters. The summed E-state index contributed by atoms with van der Waals surface area (Å²) in [6.45, 7) is 0. The quantitative estimate of drug-likeness (QED) is 0.343. The van der Waals surface area contributed by atoms with Gasteiger partial charge in [0.15, 0.2) is 6.19 Å². The average Bonchev–Trinajstić information content (AvgIpc) is 1.85. The predicted octanol–water partition coefficient (Wildman–Crippen LogP) is 0.599. The molecule has 0 aromatic carbocycles. The van der Waals surface area contributed by atoms with Crippen LogP contribution in [0.5, 0.6) is 0 Å². The molecule has 0 heterocycles. The van der Waals surface area contributed by atoms with Gasteiger partial charge in [-0.25, -0.2) is 0 Å². The zero-order chi connectivity index (χ0) is 7.11. The zero-order valence-corrected chi connectivity index (χ0v) is 6.05. The molecule has 0 aromatic heterocycles. The van der Waals surface area contributed by atoms with E-state index in [4.69, 9.17) is 10.5 Å². The Morgan fingerprint density at radius 3 is 2.78 bits per heavy atom. The monoisotopic (exact) mass is 157 g/mol. The molecule has 0 saturated carbocycles. The van der Waals surface area contributed by atoms with Crippen LogP contribution in [-0.2, 0) is 0 Å². The number of nitrogens with zero attached hydrogens (tertiary/aromatic N) is 2. The number of nitriles is 2. The summed E-state index contributed by atoms with van der Waals surface area (Å²) in [6, 6.07) is 1.88. The highest BCUT2D eigenvalue weighted by molar-refractivity contribution is 8.23. The molecule has 46 valence electrons. The van der Waals surface area contributed by atoms with E-state index in [-0.39, 0.29) is 5.75 Å². The third kappa shape index (κ3) is 5.09. The van der Waals surface area contributed by atoms with E-state index in [0.717, 1.165) is 11.8 Å². The van der Waals surface area contributed by atoms with Crippen molar-refractivity contribution in [3.63, 3.8) is 0 Å². The Bertz CT molecular complexity index is 175. The molecule has 0 rings (SSSR count). The van der Waals surface area contributed by atoms with Crippen molar-refractivity contribution in [2.45, 2.75) is 0 Å². The first-order valence-electron chi connectivity index (χ1n) is 2.00. The lowest BCUT2D eigenvalue weighted by molar-refractivity contribution is 1.31. The van der Waals surface area contributed by atoms with Gasteiger partial charge in [0.25, 0.3) is 0 Å². The van der Waals surface area contributed by atoms with Crippen molar-refractivity contribution < 1.29 is 0 Å². The van der Waals surface area contributed by atoms with Crippen LogP contribution in [0.15, 0.2) is 0 Å². The van der Waals surface area contributed by atoms with Crippen LogP contribution in [-0.4, -0.2) is 10.1 Å². The van der Waals surface area contributed by atoms with E-state index in [1.807, 2.05) is 6.07 Å². The largest absolute Gasteiger partial charge is 0.278 e. The molecule has 0 spiro atoms. The van der Waals surface area contributed by atoms with Gasteiger partial charge in [-0.15, -0.1) is 0 Å². The highest BCUT2D eigenvalue weighted by Crippen LogP contribution is 1.98. The number of thiocarbonyl (C=S) groups is 1. The van der Waals surface area contributed by atoms with Gasteiger partial charge in [-0.2, -0.15) is 10.5 Å². The van der Waals surface area contributed by atoms with Crippen LogP contribution in [0.2, 0.25) is 0 Å². The van der Waals surface area contributed by atoms with Gasteiger partial charge in [0.2, 0.25) is 0 Å². The normalized spacial score (nSPS) is 6.89. The summed E-state index contributed by atoms with van der Waals surface area (Å²) in [6.07, 6.45) is 1.65. The molecule has 0 fully saturated rings. The van der Waals surface area contributed by atoms with Crippen molar-refractivity contribution in [1.29, 1.82) is 10.5 Å². The molecule has 3 nitrogen and oxygen atoms in total. The molecule has 5 heteroatoms. The van der Waals surface area contributed by atoms with Crippen molar-refractivity contribution in [2.24, 2.45) is 0 Å². The van der Waals surface area contributed by atoms with Gasteiger partial charge in [-0.1, -0.05) is 24.0 Å². The minimum absolute atomic E-state index is 0.285. The fourth-order valence-electron chi connectivity index (χ4n) is 0.180. The van der Waals surface area contributed by atoms with Gasteiger partial charge >= 0.3 is 0 Å². The first-order valence-corrected chi connectivity index (χ1v) is 3.39. The standard InChI is InChI=1S/C4H3N3S2/c5-1-2-9-4(8)7-3-6/h2H2,(H,7,8). The lowest BCUT2D eigenvalue weighted by atomic mass is 10.9. The third-order valence-corrected chi connectivity index (χ3v) is 1.52. The van der Waals surface area contributed by atoms with E-state index in [0.29, 0.717) is 4.32 Å². The van der Waals surface area contributed by atoms with Crippen LogP contribution < -0.4 is 5.32 Å². The summed E-state index contributed by atoms with van der Waals surface area (Å²) in [5.41, 5.74) is 0. The molecule has 0 unspecified atom stereocenters. The number of rotatable bonds is 1. The average molecular weight is 157 g/mol. The van der Waals surface area contributed by atoms with Crippen LogP contribution in [0.25, 0.3) is 0 Å². The Balaban J connectivity index is 3.33. The summed E-state index contributed by atoms with van der Waals surface area (Å²) in [5.74, 6) is 0.285. The molecule has 0 radical (unpaired) electrons. The molecular formula is C4H3N3S2. The van der Waals surface area contributed by atoms with Gasteiger partial charge in [-0.05, 0) is 0 Å². The number of thioether (sulfide) groups is 1. The minimum atomic E-state index is 0.285. The Hall–Kier alpha value is -0.780. The fraction of sp³-hybridized carbons (Fsp3) is 0.250. The van der Waals surface area contributed by atoms with Crippen molar-refractivity contribution in [3.05, 3.63) is 0 Å². The molecule has 0 amide bonds. The number of hydrogen-bond donors (Lipinski definition) is 1. The number of nitrogens with one attached hydrogen (secondary N) is 1. The van der Waals surface area contributed by atoms with Crippen LogP contribution in [0, 0.1) is 22.8 Å². The lowest BCUT2D eigenvalue weighted by Gasteiger charge is -1.91. The van der Waals surface area contributed by atoms with Gasteiger partial charge in [0, 0.05) is 0 Å². The molecule has 0 saturated heterocycles. The first-order chi connectivity index (χ1) is 4.31. The summed E-state index contributed by atoms with van der Waals surface area (Å²) in [4.78, 5) is 0. The third-order valence-electron chi connectivity index (χ3n) is 0.426. The fourth-order valence-corrected chi connectivity index (χ4v) is 0.715. The van der Waals surface area contributed by atoms with E-state index in [1.165, 1.54) is 0 Å². The van der Waals surface area contributed by atoms with Gasteiger partial charge in [-0.3, -0.25) is 5.32 Å². The first kappa shape index (κ1) is 8.22. The number of hydrogen-bond acceptors (Lipinski definition) is 4. The predicted molar refractivity (Wildman–Crippen MR) is 39.4 cm³/mol. The molecule has 9 heavy (non-hydrogen) atoms. The Kier molecular flexibility index (Phi) is 4.89. The maximum Gasteiger partial charge on any atom is 0.182 e. The molecular weight excluding hydrogens is 154 g/mol. The summed E-state index contributed by atoms with van der Waals surface area (Å²) < 4.78 is 0.346.